The summed E-state index contributed by atoms with van der Waals surface area (Å²) in [6, 6.07) is 0.776. The second kappa shape index (κ2) is 15.9. The Morgan fingerprint density at radius 2 is 1.28 bits per heavy atom. The minimum Gasteiger partial charge on any atom is -0.508 e. The van der Waals surface area contributed by atoms with Gasteiger partial charge >= 0.3 is 11.9 Å². The van der Waals surface area contributed by atoms with Gasteiger partial charge in [-0.3, -0.25) is 24.0 Å². The summed E-state index contributed by atoms with van der Waals surface area (Å²) in [5.74, 6) is -5.94. The third-order valence-corrected chi connectivity index (χ3v) is 5.64. The molecule has 39 heavy (non-hydrogen) atoms. The minimum atomic E-state index is -1.44. The van der Waals surface area contributed by atoms with Gasteiger partial charge in [-0.25, -0.2) is 4.79 Å². The highest BCUT2D eigenvalue weighted by molar-refractivity contribution is 5.94. The molecule has 0 aliphatic heterocycles. The first-order chi connectivity index (χ1) is 18.2. The molecule has 1 aromatic carbocycles. The molecule has 0 aromatic heterocycles. The summed E-state index contributed by atoms with van der Waals surface area (Å²) in [7, 11) is 0. The first-order valence-corrected chi connectivity index (χ1v) is 12.4. The van der Waals surface area contributed by atoms with Crippen LogP contribution in [0.15, 0.2) is 24.3 Å². The summed E-state index contributed by atoms with van der Waals surface area (Å²) in [5, 5.41) is 35.0. The zero-order chi connectivity index (χ0) is 29.7. The van der Waals surface area contributed by atoms with Gasteiger partial charge in [0.25, 0.3) is 0 Å². The number of hydrogen-bond donors (Lipinski definition) is 8. The highest BCUT2D eigenvalue weighted by atomic mass is 16.4. The Bertz CT molecular complexity index is 1030. The average Bonchev–Trinajstić information content (AvgIpc) is 2.84. The second-order valence-electron chi connectivity index (χ2n) is 9.57. The van der Waals surface area contributed by atoms with Gasteiger partial charge in [0, 0.05) is 12.8 Å². The van der Waals surface area contributed by atoms with E-state index >= 15 is 0 Å². The van der Waals surface area contributed by atoms with Crippen molar-refractivity contribution < 1.29 is 44.1 Å². The van der Waals surface area contributed by atoms with E-state index in [9.17, 15) is 39.0 Å². The van der Waals surface area contributed by atoms with Crippen LogP contribution in [-0.2, 0) is 35.2 Å². The molecule has 0 aliphatic carbocycles. The second-order valence-corrected chi connectivity index (χ2v) is 9.57. The summed E-state index contributed by atoms with van der Waals surface area (Å²) in [5.41, 5.74) is 11.8. The van der Waals surface area contributed by atoms with Crippen LogP contribution in [0.3, 0.4) is 0 Å². The van der Waals surface area contributed by atoms with E-state index in [2.05, 4.69) is 16.0 Å². The number of hydrogen-bond acceptors (Lipinski definition) is 8. The number of carboxylic acid groups (broad SMARTS) is 2. The minimum absolute atomic E-state index is 0.0281. The van der Waals surface area contributed by atoms with Gasteiger partial charge in [-0.05, 0) is 49.3 Å². The predicted octanol–water partition coefficient (Wildman–Crippen LogP) is -1.02. The van der Waals surface area contributed by atoms with Gasteiger partial charge in [0.05, 0.1) is 6.04 Å². The summed E-state index contributed by atoms with van der Waals surface area (Å²) < 4.78 is 0. The third kappa shape index (κ3) is 12.7. The Labute approximate surface area is 225 Å². The molecule has 0 fully saturated rings. The van der Waals surface area contributed by atoms with Crippen LogP contribution in [-0.4, -0.2) is 75.1 Å². The SMILES string of the molecule is CC(C)CC(NC(=O)C(CCC(=O)O)NC(=O)C(CCC(N)=O)NC(=O)C(N)Cc1ccc(O)cc1)C(=O)O. The van der Waals surface area contributed by atoms with Crippen LogP contribution in [0.2, 0.25) is 0 Å². The lowest BCUT2D eigenvalue weighted by Gasteiger charge is -2.25. The normalized spacial score (nSPS) is 13.9. The summed E-state index contributed by atoms with van der Waals surface area (Å²) in [6.45, 7) is 3.51. The van der Waals surface area contributed by atoms with Crippen molar-refractivity contribution in [1.29, 1.82) is 0 Å². The number of nitrogens with two attached hydrogens (primary N) is 2. The molecule has 14 nitrogen and oxygen atoms in total. The maximum atomic E-state index is 13.1. The molecular weight excluding hydrogens is 514 g/mol. The van der Waals surface area contributed by atoms with Crippen LogP contribution < -0.4 is 27.4 Å². The fraction of sp³-hybridized carbons (Fsp3) is 0.520. The van der Waals surface area contributed by atoms with Gasteiger partial charge in [0.2, 0.25) is 23.6 Å². The summed E-state index contributed by atoms with van der Waals surface area (Å²) in [6.07, 6.45) is -1.26. The van der Waals surface area contributed by atoms with E-state index in [0.29, 0.717) is 5.56 Å². The highest BCUT2D eigenvalue weighted by Gasteiger charge is 2.31. The Morgan fingerprint density at radius 1 is 0.795 bits per heavy atom. The van der Waals surface area contributed by atoms with Crippen molar-refractivity contribution in [3.8, 4) is 5.75 Å². The molecule has 10 N–H and O–H groups in total. The van der Waals surface area contributed by atoms with Crippen molar-refractivity contribution in [2.75, 3.05) is 0 Å². The number of phenols is 1. The molecule has 4 amide bonds. The zero-order valence-corrected chi connectivity index (χ0v) is 21.9. The Balaban J connectivity index is 3.04. The van der Waals surface area contributed by atoms with Crippen molar-refractivity contribution in [3.63, 3.8) is 0 Å². The maximum Gasteiger partial charge on any atom is 0.326 e. The van der Waals surface area contributed by atoms with E-state index in [1.54, 1.807) is 26.0 Å². The number of carbonyl (C=O) groups excluding carboxylic acids is 4. The molecule has 4 unspecified atom stereocenters. The Morgan fingerprint density at radius 3 is 1.74 bits per heavy atom. The molecule has 4 atom stereocenters. The molecule has 0 aliphatic rings. The van der Waals surface area contributed by atoms with Crippen molar-refractivity contribution in [1.82, 2.24) is 16.0 Å². The average molecular weight is 552 g/mol. The molecule has 0 bridgehead atoms. The first-order valence-electron chi connectivity index (χ1n) is 12.4. The third-order valence-electron chi connectivity index (χ3n) is 5.64. The van der Waals surface area contributed by atoms with Gasteiger partial charge in [0.15, 0.2) is 0 Å². The van der Waals surface area contributed by atoms with Crippen molar-refractivity contribution in [3.05, 3.63) is 29.8 Å². The lowest BCUT2D eigenvalue weighted by atomic mass is 10.0. The smallest absolute Gasteiger partial charge is 0.326 e. The van der Waals surface area contributed by atoms with E-state index in [1.807, 2.05) is 0 Å². The van der Waals surface area contributed by atoms with Gasteiger partial charge in [-0.15, -0.1) is 0 Å². The fourth-order valence-corrected chi connectivity index (χ4v) is 3.59. The van der Waals surface area contributed by atoms with Crippen molar-refractivity contribution in [2.24, 2.45) is 17.4 Å². The number of phenolic OH excluding ortho intramolecular Hbond substituents is 1. The number of benzene rings is 1. The number of aromatic hydroxyl groups is 1. The van der Waals surface area contributed by atoms with Crippen molar-refractivity contribution in [2.45, 2.75) is 76.5 Å². The van der Waals surface area contributed by atoms with Gasteiger partial charge in [0.1, 0.15) is 23.9 Å². The molecule has 14 heteroatoms. The van der Waals surface area contributed by atoms with E-state index in [1.165, 1.54) is 12.1 Å². The number of carbonyl (C=O) groups is 6. The fourth-order valence-electron chi connectivity index (χ4n) is 3.59. The highest BCUT2D eigenvalue weighted by Crippen LogP contribution is 2.12. The summed E-state index contributed by atoms with van der Waals surface area (Å²) in [4.78, 5) is 72.7. The lowest BCUT2D eigenvalue weighted by molar-refractivity contribution is -0.143. The number of amides is 4. The van der Waals surface area contributed by atoms with Crippen LogP contribution in [0.1, 0.15) is 51.5 Å². The molecule has 1 rings (SSSR count). The van der Waals surface area contributed by atoms with Gasteiger partial charge in [-0.1, -0.05) is 26.0 Å². The molecule has 0 saturated heterocycles. The molecule has 0 radical (unpaired) electrons. The van der Waals surface area contributed by atoms with Gasteiger partial charge < -0.3 is 42.7 Å². The Hall–Kier alpha value is -4.20. The van der Waals surface area contributed by atoms with E-state index in [-0.39, 0.29) is 43.8 Å². The van der Waals surface area contributed by atoms with Crippen LogP contribution in [0, 0.1) is 5.92 Å². The molecule has 0 spiro atoms. The van der Waals surface area contributed by atoms with Crippen molar-refractivity contribution >= 4 is 35.6 Å². The number of rotatable bonds is 17. The largest absolute Gasteiger partial charge is 0.508 e. The predicted molar refractivity (Wildman–Crippen MR) is 138 cm³/mol. The topological polar surface area (TPSA) is 251 Å². The van der Waals surface area contributed by atoms with Crippen LogP contribution in [0.4, 0.5) is 0 Å². The number of carboxylic acids is 2. The summed E-state index contributed by atoms with van der Waals surface area (Å²) >= 11 is 0. The van der Waals surface area contributed by atoms with Crippen LogP contribution in [0.5, 0.6) is 5.75 Å². The number of nitrogens with one attached hydrogen (secondary N) is 3. The van der Waals surface area contributed by atoms with E-state index < -0.39 is 66.2 Å². The molecule has 0 saturated carbocycles. The quantitative estimate of drug-likeness (QED) is 0.117. The zero-order valence-electron chi connectivity index (χ0n) is 21.9. The first kappa shape index (κ1) is 32.8. The molecular formula is C25H37N5O9. The van der Waals surface area contributed by atoms with E-state index in [0.717, 1.165) is 0 Å². The monoisotopic (exact) mass is 551 g/mol. The van der Waals surface area contributed by atoms with E-state index in [4.69, 9.17) is 16.6 Å². The molecule has 0 heterocycles. The number of primary amides is 1. The Kier molecular flexibility index (Phi) is 13.4. The standard InChI is InChI=1S/C25H37N5O9/c1-13(2)11-19(25(38)39)30-24(37)18(8-10-21(33)34)29-23(36)17(7-9-20(27)32)28-22(35)16(26)12-14-3-5-15(31)6-4-14/h3-6,13,16-19,31H,7-12,26H2,1-2H3,(H2,27,32)(H,28,35)(H,29,36)(H,30,37)(H,33,34)(H,38,39). The molecule has 1 aromatic rings. The lowest BCUT2D eigenvalue weighted by Crippen LogP contribution is -2.57. The number of aliphatic carboxylic acids is 2. The van der Waals surface area contributed by atoms with Crippen LogP contribution >= 0.6 is 0 Å². The maximum absolute atomic E-state index is 13.1. The van der Waals surface area contributed by atoms with Gasteiger partial charge in [-0.2, -0.15) is 0 Å². The van der Waals surface area contributed by atoms with Crippen LogP contribution in [0.25, 0.3) is 0 Å². The molecule has 216 valence electrons.